The first-order valence-corrected chi connectivity index (χ1v) is 10.6. The van der Waals surface area contributed by atoms with E-state index in [1.54, 1.807) is 0 Å². The number of carbonyl (C=O) groups is 1. The van der Waals surface area contributed by atoms with Gasteiger partial charge in [-0.15, -0.1) is 0 Å². The molecule has 4 nitrogen and oxygen atoms in total. The van der Waals surface area contributed by atoms with Crippen LogP contribution in [-0.4, -0.2) is 10.5 Å². The van der Waals surface area contributed by atoms with Gasteiger partial charge in [-0.2, -0.15) is 0 Å². The highest BCUT2D eigenvalue weighted by Gasteiger charge is 2.18. The molecule has 1 heterocycles. The topological polar surface area (TPSA) is 51.1 Å². The molecule has 0 spiro atoms. The van der Waals surface area contributed by atoms with Crippen LogP contribution in [0.25, 0.3) is 21.8 Å². The molecule has 0 saturated heterocycles. The van der Waals surface area contributed by atoms with Gasteiger partial charge in [0.15, 0.2) is 5.43 Å². The second-order valence-corrected chi connectivity index (χ2v) is 7.77. The summed E-state index contributed by atoms with van der Waals surface area (Å²) >= 11 is 0. The van der Waals surface area contributed by atoms with Crippen molar-refractivity contribution in [3.8, 4) is 0 Å². The molecule has 156 valence electrons. The zero-order valence-electron chi connectivity index (χ0n) is 17.4. The van der Waals surface area contributed by atoms with Gasteiger partial charge in [-0.3, -0.25) is 9.59 Å². The lowest BCUT2D eigenvalue weighted by Gasteiger charge is -2.21. The molecular formula is C28H22N2O2. The van der Waals surface area contributed by atoms with Crippen molar-refractivity contribution in [2.24, 2.45) is 0 Å². The number of nitrogens with one attached hydrogen (secondary N) is 1. The summed E-state index contributed by atoms with van der Waals surface area (Å²) in [5.41, 5.74) is 3.52. The highest BCUT2D eigenvalue weighted by Crippen LogP contribution is 2.23. The van der Waals surface area contributed by atoms with Gasteiger partial charge in [-0.25, -0.2) is 0 Å². The van der Waals surface area contributed by atoms with Crippen LogP contribution in [-0.2, 0) is 11.3 Å². The Kier molecular flexibility index (Phi) is 5.26. The van der Waals surface area contributed by atoms with E-state index in [0.29, 0.717) is 10.8 Å². The van der Waals surface area contributed by atoms with Crippen molar-refractivity contribution in [2.75, 3.05) is 0 Å². The Morgan fingerprint density at radius 2 is 1.09 bits per heavy atom. The average molecular weight is 418 g/mol. The predicted octanol–water partition coefficient (Wildman–Crippen LogP) is 5.06. The number of nitrogens with zero attached hydrogens (tertiary/aromatic N) is 1. The van der Waals surface area contributed by atoms with Crippen molar-refractivity contribution in [3.63, 3.8) is 0 Å². The van der Waals surface area contributed by atoms with Crippen molar-refractivity contribution in [1.29, 1.82) is 0 Å². The summed E-state index contributed by atoms with van der Waals surface area (Å²) < 4.78 is 1.93. The van der Waals surface area contributed by atoms with E-state index in [0.717, 1.165) is 22.2 Å². The molecule has 0 aliphatic carbocycles. The largest absolute Gasteiger partial charge is 0.344 e. The molecule has 5 aromatic rings. The van der Waals surface area contributed by atoms with E-state index in [2.05, 4.69) is 5.32 Å². The van der Waals surface area contributed by atoms with E-state index in [-0.39, 0.29) is 23.9 Å². The van der Waals surface area contributed by atoms with E-state index in [4.69, 9.17) is 0 Å². The second kappa shape index (κ2) is 8.52. The number of para-hydroxylation sites is 2. The highest BCUT2D eigenvalue weighted by atomic mass is 16.2. The molecule has 0 aliphatic heterocycles. The number of benzene rings is 4. The minimum Gasteiger partial charge on any atom is -0.344 e. The number of carbonyl (C=O) groups excluding carboxylic acids is 1. The van der Waals surface area contributed by atoms with Crippen LogP contribution in [0.2, 0.25) is 0 Å². The molecular weight excluding hydrogens is 396 g/mol. The monoisotopic (exact) mass is 418 g/mol. The van der Waals surface area contributed by atoms with E-state index >= 15 is 0 Å². The number of amides is 1. The Balaban J connectivity index is 1.56. The number of hydrogen-bond donors (Lipinski definition) is 1. The van der Waals surface area contributed by atoms with Crippen molar-refractivity contribution < 1.29 is 4.79 Å². The summed E-state index contributed by atoms with van der Waals surface area (Å²) in [5.74, 6) is -0.123. The van der Waals surface area contributed by atoms with Gasteiger partial charge < -0.3 is 9.88 Å². The summed E-state index contributed by atoms with van der Waals surface area (Å²) in [6, 6.07) is 34.5. The molecule has 4 aromatic carbocycles. The maximum Gasteiger partial charge on any atom is 0.240 e. The van der Waals surface area contributed by atoms with Crippen molar-refractivity contribution in [3.05, 3.63) is 131 Å². The van der Waals surface area contributed by atoms with Crippen LogP contribution in [0.3, 0.4) is 0 Å². The third-order valence-electron chi connectivity index (χ3n) is 5.75. The van der Waals surface area contributed by atoms with Crippen LogP contribution in [0, 0.1) is 0 Å². The lowest BCUT2D eigenvalue weighted by atomic mass is 9.98. The van der Waals surface area contributed by atoms with Gasteiger partial charge in [-0.05, 0) is 35.4 Å². The molecule has 0 atom stereocenters. The molecule has 0 aliphatic rings. The zero-order chi connectivity index (χ0) is 21.9. The summed E-state index contributed by atoms with van der Waals surface area (Å²) in [6.07, 6.45) is 0. The first-order chi connectivity index (χ1) is 15.7. The van der Waals surface area contributed by atoms with Gasteiger partial charge in [0, 0.05) is 10.8 Å². The summed E-state index contributed by atoms with van der Waals surface area (Å²) in [4.78, 5) is 26.3. The Morgan fingerprint density at radius 3 is 1.59 bits per heavy atom. The normalized spacial score (nSPS) is 11.2. The second-order valence-electron chi connectivity index (χ2n) is 7.77. The standard InChI is InChI=1S/C28H22N2O2/c31-26(29-27(20-11-3-1-4-12-20)21-13-5-2-6-14-21)19-30-24-17-9-7-15-22(24)28(32)23-16-8-10-18-25(23)30/h1-18,27H,19H2,(H,29,31). The van der Waals surface area contributed by atoms with E-state index in [1.165, 1.54) is 0 Å². The molecule has 1 N–H and O–H groups in total. The maximum absolute atomic E-state index is 13.3. The molecule has 0 fully saturated rings. The molecule has 0 bridgehead atoms. The molecule has 0 unspecified atom stereocenters. The summed E-state index contributed by atoms with van der Waals surface area (Å²) in [7, 11) is 0. The Labute approximate surface area is 185 Å². The van der Waals surface area contributed by atoms with Gasteiger partial charge in [0.25, 0.3) is 0 Å². The fourth-order valence-electron chi connectivity index (χ4n) is 4.25. The van der Waals surface area contributed by atoms with Crippen LogP contribution in [0.15, 0.2) is 114 Å². The Bertz CT molecular complexity index is 1360. The van der Waals surface area contributed by atoms with E-state index < -0.39 is 0 Å². The Morgan fingerprint density at radius 1 is 0.656 bits per heavy atom. The van der Waals surface area contributed by atoms with Gasteiger partial charge >= 0.3 is 0 Å². The number of aromatic nitrogens is 1. The zero-order valence-corrected chi connectivity index (χ0v) is 17.4. The highest BCUT2D eigenvalue weighted by molar-refractivity contribution is 5.94. The van der Waals surface area contributed by atoms with Crippen LogP contribution in [0.5, 0.6) is 0 Å². The lowest BCUT2D eigenvalue weighted by Crippen LogP contribution is -2.32. The van der Waals surface area contributed by atoms with E-state index in [1.807, 2.05) is 114 Å². The first kappa shape index (κ1) is 19.8. The number of rotatable bonds is 5. The van der Waals surface area contributed by atoms with Crippen LogP contribution >= 0.6 is 0 Å². The Hall–Kier alpha value is -4.18. The fraction of sp³-hybridized carbons (Fsp3) is 0.0714. The molecule has 5 rings (SSSR count). The van der Waals surface area contributed by atoms with Crippen LogP contribution in [0.4, 0.5) is 0 Å². The summed E-state index contributed by atoms with van der Waals surface area (Å²) in [6.45, 7) is 0.109. The van der Waals surface area contributed by atoms with Gasteiger partial charge in [0.05, 0.1) is 17.1 Å². The van der Waals surface area contributed by atoms with Crippen molar-refractivity contribution in [2.45, 2.75) is 12.6 Å². The van der Waals surface area contributed by atoms with Gasteiger partial charge in [0.2, 0.25) is 5.91 Å². The average Bonchev–Trinajstić information content (AvgIpc) is 2.86. The van der Waals surface area contributed by atoms with Gasteiger partial charge in [-0.1, -0.05) is 84.9 Å². The SMILES string of the molecule is O=C(Cn1c2ccccc2c(=O)c2ccccc21)NC(c1ccccc1)c1ccccc1. The third-order valence-corrected chi connectivity index (χ3v) is 5.75. The maximum atomic E-state index is 13.3. The molecule has 32 heavy (non-hydrogen) atoms. The van der Waals surface area contributed by atoms with E-state index in [9.17, 15) is 9.59 Å². The van der Waals surface area contributed by atoms with Gasteiger partial charge in [0.1, 0.15) is 6.54 Å². The number of fused-ring (bicyclic) bond motifs is 2. The van der Waals surface area contributed by atoms with Crippen LogP contribution in [0.1, 0.15) is 17.2 Å². The third kappa shape index (κ3) is 3.67. The minimum absolute atomic E-state index is 0.0145. The molecule has 4 heteroatoms. The first-order valence-electron chi connectivity index (χ1n) is 10.6. The number of pyridine rings is 1. The van der Waals surface area contributed by atoms with Crippen molar-refractivity contribution >= 4 is 27.7 Å². The predicted molar refractivity (Wildman–Crippen MR) is 129 cm³/mol. The molecule has 0 radical (unpaired) electrons. The smallest absolute Gasteiger partial charge is 0.240 e. The quantitative estimate of drug-likeness (QED) is 0.406. The minimum atomic E-state index is -0.262. The molecule has 1 amide bonds. The molecule has 0 saturated carbocycles. The number of hydrogen-bond acceptors (Lipinski definition) is 2. The van der Waals surface area contributed by atoms with Crippen molar-refractivity contribution in [1.82, 2.24) is 9.88 Å². The lowest BCUT2D eigenvalue weighted by molar-refractivity contribution is -0.122. The summed E-state index contributed by atoms with van der Waals surface area (Å²) in [5, 5.41) is 4.43. The van der Waals surface area contributed by atoms with Crippen LogP contribution < -0.4 is 10.7 Å². The fourth-order valence-corrected chi connectivity index (χ4v) is 4.25. The molecule has 1 aromatic heterocycles.